The molecule has 0 saturated carbocycles. The summed E-state index contributed by atoms with van der Waals surface area (Å²) >= 11 is 11.8. The average molecular weight is 256 g/mol. The van der Waals surface area contributed by atoms with Gasteiger partial charge in [0.2, 0.25) is 0 Å². The van der Waals surface area contributed by atoms with Gasteiger partial charge in [0.05, 0.1) is 23.5 Å². The molecular weight excluding hydrogens is 245 g/mol. The van der Waals surface area contributed by atoms with Crippen molar-refractivity contribution in [3.63, 3.8) is 0 Å². The molecule has 1 aromatic carbocycles. The van der Waals surface area contributed by atoms with Crippen molar-refractivity contribution in [3.05, 3.63) is 51.9 Å². The Morgan fingerprint density at radius 1 is 1.25 bits per heavy atom. The van der Waals surface area contributed by atoms with Gasteiger partial charge in [0, 0.05) is 5.02 Å². The highest BCUT2D eigenvalue weighted by Gasteiger charge is 2.04. The smallest absolute Gasteiger partial charge is 0.125 e. The number of aryl methyl sites for hydroxylation is 1. The standard InChI is InChI=1S/C12H11Cl2NO/c1-8-4-5-16-12(8)7-15-11-3-2-9(13)6-10(11)14/h2-6,15H,7H2,1H3. The van der Waals surface area contributed by atoms with E-state index >= 15 is 0 Å². The average Bonchev–Trinajstić information content (AvgIpc) is 2.63. The molecule has 1 heterocycles. The Kier molecular flexibility index (Phi) is 3.42. The molecule has 0 saturated heterocycles. The third kappa shape index (κ3) is 2.52. The lowest BCUT2D eigenvalue weighted by atomic mass is 10.2. The summed E-state index contributed by atoms with van der Waals surface area (Å²) in [6, 6.07) is 7.29. The predicted molar refractivity (Wildman–Crippen MR) is 67.2 cm³/mol. The van der Waals surface area contributed by atoms with Crippen molar-refractivity contribution in [2.45, 2.75) is 13.5 Å². The van der Waals surface area contributed by atoms with E-state index in [1.54, 1.807) is 18.4 Å². The minimum Gasteiger partial charge on any atom is -0.467 e. The molecule has 0 unspecified atom stereocenters. The third-order valence-corrected chi connectivity index (χ3v) is 2.89. The molecular formula is C12H11Cl2NO. The van der Waals surface area contributed by atoms with E-state index in [0.717, 1.165) is 17.0 Å². The van der Waals surface area contributed by atoms with Gasteiger partial charge in [-0.15, -0.1) is 0 Å². The van der Waals surface area contributed by atoms with Gasteiger partial charge in [-0.25, -0.2) is 0 Å². The summed E-state index contributed by atoms with van der Waals surface area (Å²) < 4.78 is 5.32. The molecule has 0 bridgehead atoms. The van der Waals surface area contributed by atoms with E-state index in [9.17, 15) is 0 Å². The summed E-state index contributed by atoms with van der Waals surface area (Å²) in [5.74, 6) is 0.908. The minimum absolute atomic E-state index is 0.608. The maximum Gasteiger partial charge on any atom is 0.125 e. The topological polar surface area (TPSA) is 25.2 Å². The van der Waals surface area contributed by atoms with E-state index in [4.69, 9.17) is 27.6 Å². The van der Waals surface area contributed by atoms with E-state index in [0.29, 0.717) is 16.6 Å². The summed E-state index contributed by atoms with van der Waals surface area (Å²) in [5.41, 5.74) is 1.97. The van der Waals surface area contributed by atoms with Crippen LogP contribution in [0.4, 0.5) is 5.69 Å². The number of halogens is 2. The number of furan rings is 1. The Balaban J connectivity index is 2.08. The van der Waals surface area contributed by atoms with Crippen molar-refractivity contribution in [3.8, 4) is 0 Å². The summed E-state index contributed by atoms with van der Waals surface area (Å²) in [4.78, 5) is 0. The molecule has 2 nitrogen and oxygen atoms in total. The van der Waals surface area contributed by atoms with Crippen molar-refractivity contribution in [2.75, 3.05) is 5.32 Å². The van der Waals surface area contributed by atoms with Crippen LogP contribution in [0.2, 0.25) is 10.0 Å². The molecule has 0 atom stereocenters. The van der Waals surface area contributed by atoms with Gasteiger partial charge in [-0.2, -0.15) is 0 Å². The first-order valence-electron chi connectivity index (χ1n) is 4.88. The van der Waals surface area contributed by atoms with E-state index in [-0.39, 0.29) is 0 Å². The molecule has 1 N–H and O–H groups in total. The SMILES string of the molecule is Cc1ccoc1CNc1ccc(Cl)cc1Cl. The maximum atomic E-state index is 6.03. The number of nitrogens with one attached hydrogen (secondary N) is 1. The predicted octanol–water partition coefficient (Wildman–Crippen LogP) is 4.51. The van der Waals surface area contributed by atoms with Crippen molar-refractivity contribution in [2.24, 2.45) is 0 Å². The molecule has 1 aromatic heterocycles. The summed E-state index contributed by atoms with van der Waals surface area (Å²) in [7, 11) is 0. The molecule has 16 heavy (non-hydrogen) atoms. The summed E-state index contributed by atoms with van der Waals surface area (Å²) in [5, 5.41) is 4.44. The van der Waals surface area contributed by atoms with Gasteiger partial charge in [0.1, 0.15) is 5.76 Å². The number of benzene rings is 1. The van der Waals surface area contributed by atoms with Crippen LogP contribution in [0, 0.1) is 6.92 Å². The van der Waals surface area contributed by atoms with Crippen LogP contribution < -0.4 is 5.32 Å². The molecule has 0 fully saturated rings. The second-order valence-electron chi connectivity index (χ2n) is 3.50. The van der Waals surface area contributed by atoms with Crippen LogP contribution in [0.3, 0.4) is 0 Å². The highest BCUT2D eigenvalue weighted by Crippen LogP contribution is 2.26. The Morgan fingerprint density at radius 3 is 2.69 bits per heavy atom. The summed E-state index contributed by atoms with van der Waals surface area (Å²) in [6.45, 7) is 2.62. The Bertz CT molecular complexity index is 494. The largest absolute Gasteiger partial charge is 0.467 e. The summed E-state index contributed by atoms with van der Waals surface area (Å²) in [6.07, 6.45) is 1.68. The number of hydrogen-bond donors (Lipinski definition) is 1. The zero-order chi connectivity index (χ0) is 11.5. The number of rotatable bonds is 3. The van der Waals surface area contributed by atoms with Crippen LogP contribution in [0.25, 0.3) is 0 Å². The zero-order valence-electron chi connectivity index (χ0n) is 8.76. The molecule has 2 rings (SSSR count). The first kappa shape index (κ1) is 11.4. The molecule has 0 spiro atoms. The van der Waals surface area contributed by atoms with Crippen LogP contribution >= 0.6 is 23.2 Å². The fourth-order valence-electron chi connectivity index (χ4n) is 1.39. The third-order valence-electron chi connectivity index (χ3n) is 2.34. The molecule has 0 aliphatic rings. The molecule has 0 aliphatic carbocycles. The van der Waals surface area contributed by atoms with Gasteiger partial charge in [-0.05, 0) is 36.8 Å². The van der Waals surface area contributed by atoms with Gasteiger partial charge in [-0.3, -0.25) is 0 Å². The molecule has 84 valence electrons. The van der Waals surface area contributed by atoms with Crippen LogP contribution in [0.15, 0.2) is 34.9 Å². The van der Waals surface area contributed by atoms with E-state index < -0.39 is 0 Å². The lowest BCUT2D eigenvalue weighted by Crippen LogP contribution is -1.99. The second-order valence-corrected chi connectivity index (χ2v) is 4.35. The molecule has 2 aromatic rings. The lowest BCUT2D eigenvalue weighted by molar-refractivity contribution is 0.515. The molecule has 0 radical (unpaired) electrons. The molecule has 4 heteroatoms. The van der Waals surface area contributed by atoms with Crippen LogP contribution in [0.1, 0.15) is 11.3 Å². The maximum absolute atomic E-state index is 6.03. The second kappa shape index (κ2) is 4.81. The monoisotopic (exact) mass is 255 g/mol. The van der Waals surface area contributed by atoms with E-state index in [1.807, 2.05) is 19.1 Å². The lowest BCUT2D eigenvalue weighted by Gasteiger charge is -2.07. The van der Waals surface area contributed by atoms with E-state index in [1.165, 1.54) is 0 Å². The van der Waals surface area contributed by atoms with Crippen LogP contribution in [-0.2, 0) is 6.54 Å². The fraction of sp³-hybridized carbons (Fsp3) is 0.167. The minimum atomic E-state index is 0.608. The number of hydrogen-bond acceptors (Lipinski definition) is 2. The molecule has 0 aliphatic heterocycles. The highest BCUT2D eigenvalue weighted by molar-refractivity contribution is 6.36. The van der Waals surface area contributed by atoms with Gasteiger partial charge in [-0.1, -0.05) is 23.2 Å². The van der Waals surface area contributed by atoms with Crippen molar-refractivity contribution in [1.29, 1.82) is 0 Å². The number of anilines is 1. The van der Waals surface area contributed by atoms with Crippen LogP contribution in [0.5, 0.6) is 0 Å². The van der Waals surface area contributed by atoms with Crippen molar-refractivity contribution >= 4 is 28.9 Å². The first-order chi connectivity index (χ1) is 7.66. The zero-order valence-corrected chi connectivity index (χ0v) is 10.3. The van der Waals surface area contributed by atoms with Crippen LogP contribution in [-0.4, -0.2) is 0 Å². The first-order valence-corrected chi connectivity index (χ1v) is 5.64. The van der Waals surface area contributed by atoms with Crippen molar-refractivity contribution in [1.82, 2.24) is 0 Å². The van der Waals surface area contributed by atoms with Gasteiger partial charge in [0.25, 0.3) is 0 Å². The Labute approximate surface area is 104 Å². The van der Waals surface area contributed by atoms with Gasteiger partial charge >= 0.3 is 0 Å². The van der Waals surface area contributed by atoms with E-state index in [2.05, 4.69) is 5.32 Å². The molecule has 0 amide bonds. The quantitative estimate of drug-likeness (QED) is 0.874. The van der Waals surface area contributed by atoms with Gasteiger partial charge < -0.3 is 9.73 Å². The normalized spacial score (nSPS) is 10.4. The Hall–Kier alpha value is -1.12. The fourth-order valence-corrected chi connectivity index (χ4v) is 1.87. The van der Waals surface area contributed by atoms with Gasteiger partial charge in [0.15, 0.2) is 0 Å². The highest BCUT2D eigenvalue weighted by atomic mass is 35.5. The Morgan fingerprint density at radius 2 is 2.06 bits per heavy atom. The van der Waals surface area contributed by atoms with Crippen molar-refractivity contribution < 1.29 is 4.42 Å².